The number of aromatic nitrogens is 2. The fourth-order valence-electron chi connectivity index (χ4n) is 2.91. The molecule has 0 unspecified atom stereocenters. The van der Waals surface area contributed by atoms with Gasteiger partial charge in [-0.3, -0.25) is 10.1 Å². The first kappa shape index (κ1) is 13.2. The molecule has 0 aliphatic carbocycles. The fraction of sp³-hybridized carbons (Fsp3) is 0.0625. The number of nitro benzene ring substituents is 1. The summed E-state index contributed by atoms with van der Waals surface area (Å²) in [6.45, 7) is 0. The number of non-ortho nitro benzene ring substituents is 1. The van der Waals surface area contributed by atoms with E-state index in [9.17, 15) is 10.1 Å². The van der Waals surface area contributed by atoms with Gasteiger partial charge in [-0.2, -0.15) is 0 Å². The summed E-state index contributed by atoms with van der Waals surface area (Å²) in [7, 11) is 1.96. The average molecular weight is 356 g/mol. The molecule has 0 atom stereocenters. The summed E-state index contributed by atoms with van der Waals surface area (Å²) in [6, 6.07) is 12.8. The number of pyridine rings is 1. The summed E-state index contributed by atoms with van der Waals surface area (Å²) >= 11 is 3.48. The van der Waals surface area contributed by atoms with Gasteiger partial charge < -0.3 is 4.57 Å². The molecular formula is C16H10BrN3O2. The zero-order valence-electron chi connectivity index (χ0n) is 11.6. The van der Waals surface area contributed by atoms with E-state index >= 15 is 0 Å². The van der Waals surface area contributed by atoms with E-state index in [1.54, 1.807) is 12.1 Å². The lowest BCUT2D eigenvalue weighted by Gasteiger charge is -2.12. The van der Waals surface area contributed by atoms with Crippen molar-refractivity contribution in [2.45, 2.75) is 0 Å². The number of rotatable bonds is 1. The normalized spacial score (nSPS) is 11.5. The molecule has 2 aliphatic rings. The Kier molecular flexibility index (Phi) is 2.71. The van der Waals surface area contributed by atoms with Crippen LogP contribution >= 0.6 is 15.9 Å². The van der Waals surface area contributed by atoms with Gasteiger partial charge in [0.1, 0.15) is 0 Å². The van der Waals surface area contributed by atoms with E-state index in [-0.39, 0.29) is 10.6 Å². The molecule has 5 nitrogen and oxygen atoms in total. The average Bonchev–Trinajstić information content (AvgIpc) is 2.84. The highest BCUT2D eigenvalue weighted by atomic mass is 79.9. The fourth-order valence-corrected chi connectivity index (χ4v) is 3.29. The van der Waals surface area contributed by atoms with Crippen molar-refractivity contribution in [2.24, 2.45) is 7.05 Å². The molecule has 0 fully saturated rings. The molecule has 2 aromatic carbocycles. The zero-order valence-corrected chi connectivity index (χ0v) is 13.2. The molecule has 2 aromatic rings. The molecule has 22 heavy (non-hydrogen) atoms. The van der Waals surface area contributed by atoms with Crippen LogP contribution < -0.4 is 0 Å². The molecule has 2 heterocycles. The van der Waals surface area contributed by atoms with Crippen molar-refractivity contribution in [1.29, 1.82) is 0 Å². The van der Waals surface area contributed by atoms with Crippen LogP contribution in [0.1, 0.15) is 0 Å². The molecule has 0 N–H and O–H groups in total. The number of nitro groups is 1. The van der Waals surface area contributed by atoms with Crippen molar-refractivity contribution in [3.63, 3.8) is 0 Å². The van der Waals surface area contributed by atoms with Crippen LogP contribution in [0.5, 0.6) is 0 Å². The van der Waals surface area contributed by atoms with Crippen LogP contribution in [0.2, 0.25) is 0 Å². The highest BCUT2D eigenvalue weighted by molar-refractivity contribution is 9.10. The maximum Gasteiger partial charge on any atom is 0.270 e. The first-order valence-corrected chi connectivity index (χ1v) is 7.47. The third-order valence-corrected chi connectivity index (χ3v) is 4.40. The first-order valence-electron chi connectivity index (χ1n) is 6.67. The van der Waals surface area contributed by atoms with Gasteiger partial charge in [-0.1, -0.05) is 15.9 Å². The van der Waals surface area contributed by atoms with Gasteiger partial charge in [0.2, 0.25) is 0 Å². The lowest BCUT2D eigenvalue weighted by atomic mass is 10.1. The SMILES string of the molecule is Cn1c2c3cc([N+](=O)[O-])ccc3nc-2cc2cc(Br)ccc21. The summed E-state index contributed by atoms with van der Waals surface area (Å²) < 4.78 is 3.04. The second kappa shape index (κ2) is 4.51. The summed E-state index contributed by atoms with van der Waals surface area (Å²) in [6.07, 6.45) is 0. The van der Waals surface area contributed by atoms with Crippen molar-refractivity contribution >= 4 is 43.4 Å². The summed E-state index contributed by atoms with van der Waals surface area (Å²) in [5, 5.41) is 12.9. The van der Waals surface area contributed by atoms with Crippen LogP contribution in [0.15, 0.2) is 46.9 Å². The number of hydrogen-bond donors (Lipinski definition) is 0. The predicted molar refractivity (Wildman–Crippen MR) is 89.2 cm³/mol. The second-order valence-electron chi connectivity index (χ2n) is 5.21. The highest BCUT2D eigenvalue weighted by Gasteiger charge is 2.19. The minimum absolute atomic E-state index is 0.0812. The topological polar surface area (TPSA) is 61.0 Å². The van der Waals surface area contributed by atoms with Gasteiger partial charge in [0, 0.05) is 39.9 Å². The van der Waals surface area contributed by atoms with Gasteiger partial charge in [-0.25, -0.2) is 4.98 Å². The highest BCUT2D eigenvalue weighted by Crippen LogP contribution is 2.36. The quantitative estimate of drug-likeness (QED) is 0.373. The Morgan fingerprint density at radius 3 is 2.77 bits per heavy atom. The molecule has 0 saturated carbocycles. The van der Waals surface area contributed by atoms with E-state index in [1.165, 1.54) is 6.07 Å². The Labute approximate surface area is 133 Å². The number of fused-ring (bicyclic) bond motifs is 4. The molecule has 2 aliphatic heterocycles. The molecular weight excluding hydrogens is 346 g/mol. The van der Waals surface area contributed by atoms with Crippen molar-refractivity contribution in [3.05, 3.63) is 57.1 Å². The zero-order chi connectivity index (χ0) is 15.4. The maximum absolute atomic E-state index is 11.0. The number of nitrogens with zero attached hydrogens (tertiary/aromatic N) is 3. The van der Waals surface area contributed by atoms with E-state index < -0.39 is 0 Å². The smallest absolute Gasteiger partial charge is 0.270 e. The minimum Gasteiger partial charge on any atom is -0.342 e. The molecule has 0 amide bonds. The summed E-state index contributed by atoms with van der Waals surface area (Å²) in [5.41, 5.74) is 3.65. The van der Waals surface area contributed by atoms with Gasteiger partial charge in [-0.05, 0) is 30.3 Å². The number of aryl methyl sites for hydroxylation is 1. The van der Waals surface area contributed by atoms with Crippen LogP contribution in [0.25, 0.3) is 33.2 Å². The van der Waals surface area contributed by atoms with Crippen molar-refractivity contribution in [3.8, 4) is 11.4 Å². The Bertz CT molecular complexity index is 1040. The van der Waals surface area contributed by atoms with Crippen LogP contribution in [0, 0.1) is 10.1 Å². The number of benzene rings is 2. The van der Waals surface area contributed by atoms with Crippen molar-refractivity contribution in [1.82, 2.24) is 9.55 Å². The van der Waals surface area contributed by atoms with Crippen LogP contribution in [-0.2, 0) is 7.05 Å². The molecule has 0 spiro atoms. The van der Waals surface area contributed by atoms with E-state index in [0.29, 0.717) is 0 Å². The summed E-state index contributed by atoms with van der Waals surface area (Å²) in [5.74, 6) is 0. The lowest BCUT2D eigenvalue weighted by Crippen LogP contribution is -1.98. The molecule has 0 aromatic heterocycles. The van der Waals surface area contributed by atoms with E-state index in [0.717, 1.165) is 37.7 Å². The van der Waals surface area contributed by atoms with Crippen molar-refractivity contribution in [2.75, 3.05) is 0 Å². The molecule has 0 radical (unpaired) electrons. The van der Waals surface area contributed by atoms with Gasteiger partial charge in [0.05, 0.1) is 21.8 Å². The van der Waals surface area contributed by atoms with Gasteiger partial charge >= 0.3 is 0 Å². The van der Waals surface area contributed by atoms with Crippen LogP contribution in [-0.4, -0.2) is 14.5 Å². The van der Waals surface area contributed by atoms with Gasteiger partial charge in [0.15, 0.2) is 0 Å². The Balaban J connectivity index is 2.17. The second-order valence-corrected chi connectivity index (χ2v) is 6.13. The maximum atomic E-state index is 11.0. The van der Waals surface area contributed by atoms with E-state index in [4.69, 9.17) is 0 Å². The van der Waals surface area contributed by atoms with E-state index in [2.05, 4.69) is 20.9 Å². The van der Waals surface area contributed by atoms with Crippen molar-refractivity contribution < 1.29 is 4.92 Å². The Hall–Kier alpha value is -2.47. The lowest BCUT2D eigenvalue weighted by molar-refractivity contribution is -0.384. The number of halogens is 1. The van der Waals surface area contributed by atoms with E-state index in [1.807, 2.05) is 35.9 Å². The molecule has 4 rings (SSSR count). The molecule has 0 bridgehead atoms. The van der Waals surface area contributed by atoms with Crippen LogP contribution in [0.4, 0.5) is 5.69 Å². The largest absolute Gasteiger partial charge is 0.342 e. The van der Waals surface area contributed by atoms with Crippen LogP contribution in [0.3, 0.4) is 0 Å². The van der Waals surface area contributed by atoms with Gasteiger partial charge in [0.25, 0.3) is 5.69 Å². The molecule has 6 heteroatoms. The molecule has 0 saturated heterocycles. The minimum atomic E-state index is -0.379. The number of hydrogen-bond acceptors (Lipinski definition) is 3. The predicted octanol–water partition coefficient (Wildman–Crippen LogP) is 4.50. The Morgan fingerprint density at radius 2 is 2.00 bits per heavy atom. The monoisotopic (exact) mass is 355 g/mol. The molecule has 108 valence electrons. The standard InChI is InChI=1S/C16H10BrN3O2/c1-19-15-5-2-10(17)6-9(15)7-14-16(19)12-8-11(20(21)22)3-4-13(12)18-14/h2-8H,1H3. The third-order valence-electron chi connectivity index (χ3n) is 3.91. The Morgan fingerprint density at radius 1 is 1.18 bits per heavy atom. The summed E-state index contributed by atoms with van der Waals surface area (Å²) in [4.78, 5) is 15.2. The van der Waals surface area contributed by atoms with Gasteiger partial charge in [-0.15, -0.1) is 0 Å². The third kappa shape index (κ3) is 1.80. The first-order chi connectivity index (χ1) is 10.5.